The standard InChI is InChI=1S/C13H26N2O/c14-15-13(16)12-10-8-6-4-2-1-3-5-7-9-11-12/h12H,1-11,14H2,(H,15,16). The van der Waals surface area contributed by atoms with Crippen molar-refractivity contribution in [3.05, 3.63) is 0 Å². The molecule has 3 N–H and O–H groups in total. The first kappa shape index (κ1) is 13.5. The topological polar surface area (TPSA) is 55.1 Å². The predicted molar refractivity (Wildman–Crippen MR) is 66.6 cm³/mol. The fraction of sp³-hybridized carbons (Fsp3) is 0.923. The highest BCUT2D eigenvalue weighted by Crippen LogP contribution is 2.20. The number of nitrogens with one attached hydrogen (secondary N) is 1. The molecule has 0 aliphatic heterocycles. The Labute approximate surface area is 99.1 Å². The first-order chi connectivity index (χ1) is 7.84. The Bertz CT molecular complexity index is 182. The van der Waals surface area contributed by atoms with Gasteiger partial charge in [0.2, 0.25) is 5.91 Å². The maximum Gasteiger partial charge on any atom is 0.236 e. The minimum absolute atomic E-state index is 0.0389. The Balaban J connectivity index is 2.33. The summed E-state index contributed by atoms with van der Waals surface area (Å²) >= 11 is 0. The fourth-order valence-corrected chi connectivity index (χ4v) is 2.54. The second-order valence-corrected chi connectivity index (χ2v) is 4.96. The third-order valence-corrected chi connectivity index (χ3v) is 3.62. The Kier molecular flexibility index (Phi) is 7.23. The van der Waals surface area contributed by atoms with Gasteiger partial charge in [-0.15, -0.1) is 0 Å². The Hall–Kier alpha value is -0.570. The maximum atomic E-state index is 11.5. The lowest BCUT2D eigenvalue weighted by atomic mass is 9.92. The average Bonchev–Trinajstić information content (AvgIpc) is 2.29. The zero-order chi connectivity index (χ0) is 11.6. The third-order valence-electron chi connectivity index (χ3n) is 3.62. The molecule has 0 saturated heterocycles. The third kappa shape index (κ3) is 5.50. The van der Waals surface area contributed by atoms with Crippen LogP contribution in [0.25, 0.3) is 0 Å². The summed E-state index contributed by atoms with van der Waals surface area (Å²) in [7, 11) is 0. The van der Waals surface area contributed by atoms with Crippen molar-refractivity contribution in [1.82, 2.24) is 5.43 Å². The van der Waals surface area contributed by atoms with Crippen LogP contribution in [0.3, 0.4) is 0 Å². The Morgan fingerprint density at radius 1 is 0.812 bits per heavy atom. The summed E-state index contributed by atoms with van der Waals surface area (Å²) in [6, 6.07) is 0. The summed E-state index contributed by atoms with van der Waals surface area (Å²) in [6.07, 6.45) is 13.7. The van der Waals surface area contributed by atoms with Crippen LogP contribution in [0.1, 0.15) is 70.6 Å². The van der Waals surface area contributed by atoms with Gasteiger partial charge in [0.1, 0.15) is 0 Å². The number of hydrogen-bond donors (Lipinski definition) is 2. The molecule has 0 atom stereocenters. The molecule has 3 heteroatoms. The zero-order valence-electron chi connectivity index (χ0n) is 10.3. The van der Waals surface area contributed by atoms with E-state index >= 15 is 0 Å². The molecular weight excluding hydrogens is 200 g/mol. The van der Waals surface area contributed by atoms with Crippen LogP contribution in [0.5, 0.6) is 0 Å². The van der Waals surface area contributed by atoms with Gasteiger partial charge in [-0.2, -0.15) is 0 Å². The van der Waals surface area contributed by atoms with Gasteiger partial charge in [-0.1, -0.05) is 57.8 Å². The molecule has 0 unspecified atom stereocenters. The van der Waals surface area contributed by atoms with E-state index in [4.69, 9.17) is 5.84 Å². The maximum absolute atomic E-state index is 11.5. The molecular formula is C13H26N2O. The second kappa shape index (κ2) is 8.57. The first-order valence-electron chi connectivity index (χ1n) is 6.85. The van der Waals surface area contributed by atoms with Crippen molar-refractivity contribution in [1.29, 1.82) is 0 Å². The quantitative estimate of drug-likeness (QED) is 0.410. The number of carbonyl (C=O) groups excluding carboxylic acids is 1. The van der Waals surface area contributed by atoms with Gasteiger partial charge in [-0.05, 0) is 12.8 Å². The lowest BCUT2D eigenvalue weighted by Crippen LogP contribution is -2.36. The van der Waals surface area contributed by atoms with Crippen LogP contribution in [0, 0.1) is 5.92 Å². The van der Waals surface area contributed by atoms with Crippen LogP contribution in [0.2, 0.25) is 0 Å². The molecule has 1 fully saturated rings. The van der Waals surface area contributed by atoms with Crippen LogP contribution < -0.4 is 11.3 Å². The monoisotopic (exact) mass is 226 g/mol. The minimum Gasteiger partial charge on any atom is -0.294 e. The first-order valence-corrected chi connectivity index (χ1v) is 6.85. The highest BCUT2D eigenvalue weighted by Gasteiger charge is 2.16. The molecule has 16 heavy (non-hydrogen) atoms. The van der Waals surface area contributed by atoms with E-state index in [1.807, 2.05) is 0 Å². The number of amides is 1. The number of carbonyl (C=O) groups is 1. The van der Waals surface area contributed by atoms with Crippen LogP contribution in [-0.2, 0) is 4.79 Å². The summed E-state index contributed by atoms with van der Waals surface area (Å²) in [5.74, 6) is 5.42. The SMILES string of the molecule is NNC(=O)C1CCCCCCCCCCC1. The molecule has 0 radical (unpaired) electrons. The fourth-order valence-electron chi connectivity index (χ4n) is 2.54. The lowest BCUT2D eigenvalue weighted by Gasteiger charge is -2.15. The Morgan fingerprint density at radius 2 is 1.19 bits per heavy atom. The highest BCUT2D eigenvalue weighted by atomic mass is 16.2. The van der Waals surface area contributed by atoms with Crippen molar-refractivity contribution in [2.45, 2.75) is 70.6 Å². The van der Waals surface area contributed by atoms with Gasteiger partial charge in [-0.3, -0.25) is 10.2 Å². The summed E-state index contributed by atoms with van der Waals surface area (Å²) in [5.41, 5.74) is 2.31. The number of nitrogens with two attached hydrogens (primary N) is 1. The van der Waals surface area contributed by atoms with E-state index in [0.29, 0.717) is 0 Å². The summed E-state index contributed by atoms with van der Waals surface area (Å²) in [5, 5.41) is 0. The van der Waals surface area contributed by atoms with Crippen molar-refractivity contribution in [3.8, 4) is 0 Å². The molecule has 0 aromatic carbocycles. The zero-order valence-corrected chi connectivity index (χ0v) is 10.3. The van der Waals surface area contributed by atoms with Crippen molar-refractivity contribution in [2.75, 3.05) is 0 Å². The molecule has 94 valence electrons. The van der Waals surface area contributed by atoms with E-state index < -0.39 is 0 Å². The molecule has 3 nitrogen and oxygen atoms in total. The molecule has 1 saturated carbocycles. The molecule has 0 aromatic heterocycles. The van der Waals surface area contributed by atoms with E-state index in [1.165, 1.54) is 57.8 Å². The largest absolute Gasteiger partial charge is 0.294 e. The van der Waals surface area contributed by atoms with Crippen LogP contribution in [0.15, 0.2) is 0 Å². The predicted octanol–water partition coefficient (Wildman–Crippen LogP) is 2.90. The molecule has 0 spiro atoms. The number of hydrazine groups is 1. The molecule has 1 aliphatic rings. The lowest BCUT2D eigenvalue weighted by molar-refractivity contribution is -0.125. The van der Waals surface area contributed by atoms with Crippen LogP contribution >= 0.6 is 0 Å². The van der Waals surface area contributed by atoms with Gasteiger partial charge in [0.05, 0.1) is 0 Å². The molecule has 0 aromatic rings. The second-order valence-electron chi connectivity index (χ2n) is 4.96. The van der Waals surface area contributed by atoms with E-state index in [0.717, 1.165) is 12.8 Å². The smallest absolute Gasteiger partial charge is 0.236 e. The molecule has 0 heterocycles. The molecule has 1 rings (SSSR count). The summed E-state index contributed by atoms with van der Waals surface area (Å²) in [6.45, 7) is 0. The minimum atomic E-state index is 0.0389. The molecule has 1 aliphatic carbocycles. The molecule has 0 bridgehead atoms. The summed E-state index contributed by atoms with van der Waals surface area (Å²) < 4.78 is 0. The van der Waals surface area contributed by atoms with Crippen molar-refractivity contribution >= 4 is 5.91 Å². The van der Waals surface area contributed by atoms with Gasteiger partial charge in [0.25, 0.3) is 0 Å². The van der Waals surface area contributed by atoms with Gasteiger partial charge < -0.3 is 0 Å². The van der Waals surface area contributed by atoms with Crippen molar-refractivity contribution < 1.29 is 4.79 Å². The van der Waals surface area contributed by atoms with Gasteiger partial charge in [-0.25, -0.2) is 5.84 Å². The van der Waals surface area contributed by atoms with Crippen LogP contribution in [-0.4, -0.2) is 5.91 Å². The number of rotatable bonds is 1. The van der Waals surface area contributed by atoms with Gasteiger partial charge in [0.15, 0.2) is 0 Å². The normalized spacial score (nSPS) is 21.8. The number of hydrogen-bond acceptors (Lipinski definition) is 2. The van der Waals surface area contributed by atoms with Crippen molar-refractivity contribution in [3.63, 3.8) is 0 Å². The van der Waals surface area contributed by atoms with Crippen LogP contribution in [0.4, 0.5) is 0 Å². The van der Waals surface area contributed by atoms with E-state index in [-0.39, 0.29) is 11.8 Å². The average molecular weight is 226 g/mol. The van der Waals surface area contributed by atoms with E-state index in [1.54, 1.807) is 0 Å². The Morgan fingerprint density at radius 3 is 1.56 bits per heavy atom. The van der Waals surface area contributed by atoms with Gasteiger partial charge in [0, 0.05) is 5.92 Å². The van der Waals surface area contributed by atoms with E-state index in [9.17, 15) is 4.79 Å². The molecule has 1 amide bonds. The summed E-state index contributed by atoms with van der Waals surface area (Å²) in [4.78, 5) is 11.5. The highest BCUT2D eigenvalue weighted by molar-refractivity contribution is 5.77. The van der Waals surface area contributed by atoms with Crippen molar-refractivity contribution in [2.24, 2.45) is 11.8 Å². The van der Waals surface area contributed by atoms with Gasteiger partial charge >= 0.3 is 0 Å². The van der Waals surface area contributed by atoms with E-state index in [2.05, 4.69) is 5.43 Å².